The Hall–Kier alpha value is -5.61. The van der Waals surface area contributed by atoms with Gasteiger partial charge in [0, 0.05) is 29.6 Å². The molecule has 3 heterocycles. The van der Waals surface area contributed by atoms with Crippen molar-refractivity contribution in [3.8, 4) is 17.5 Å². The Morgan fingerprint density at radius 1 is 1.02 bits per heavy atom. The number of tetrazole rings is 1. The number of nitrogens with one attached hydrogen (secondary N) is 3. The first-order valence-corrected chi connectivity index (χ1v) is 13.4. The molecule has 3 aromatic heterocycles. The van der Waals surface area contributed by atoms with Crippen LogP contribution in [0.3, 0.4) is 0 Å². The van der Waals surface area contributed by atoms with Gasteiger partial charge in [0.2, 0.25) is 0 Å². The Morgan fingerprint density at radius 2 is 1.88 bits per heavy atom. The number of fused-ring (bicyclic) bond motifs is 2. The van der Waals surface area contributed by atoms with E-state index in [1.807, 2.05) is 0 Å². The molecule has 6 aromatic rings. The van der Waals surface area contributed by atoms with E-state index >= 15 is 0 Å². The number of para-hydroxylation sites is 1. The van der Waals surface area contributed by atoms with Crippen molar-refractivity contribution in [2.45, 2.75) is 4.90 Å². The highest BCUT2D eigenvalue weighted by Crippen LogP contribution is 2.29. The summed E-state index contributed by atoms with van der Waals surface area (Å²) in [4.78, 5) is 17.6. The molecule has 0 bridgehead atoms. The SMILES string of the molecule is Cn1c(C(=O)Nc2ccc(C#N)cc2-c2nnn[nH]2)cc2ccc(NS(=O)(=O)c3cccc4cccnc34)cc21. The summed E-state index contributed by atoms with van der Waals surface area (Å²) >= 11 is 0. The van der Waals surface area contributed by atoms with Gasteiger partial charge in [-0.15, -0.1) is 5.10 Å². The molecule has 0 saturated heterocycles. The fourth-order valence-corrected chi connectivity index (χ4v) is 5.72. The largest absolute Gasteiger partial charge is 0.340 e. The summed E-state index contributed by atoms with van der Waals surface area (Å²) in [6, 6.07) is 22.1. The molecule has 0 fully saturated rings. The van der Waals surface area contributed by atoms with E-state index in [1.165, 1.54) is 6.07 Å². The zero-order chi connectivity index (χ0) is 27.9. The number of sulfonamides is 1. The Kier molecular flexibility index (Phi) is 5.93. The lowest BCUT2D eigenvalue weighted by Crippen LogP contribution is -2.16. The van der Waals surface area contributed by atoms with Crippen LogP contribution in [0.4, 0.5) is 11.4 Å². The number of aromatic nitrogens is 6. The normalized spacial score (nSPS) is 11.4. The summed E-state index contributed by atoms with van der Waals surface area (Å²) < 4.78 is 30.8. The molecule has 13 heteroatoms. The number of aromatic amines is 1. The quantitative estimate of drug-likeness (QED) is 0.281. The minimum atomic E-state index is -3.95. The van der Waals surface area contributed by atoms with Crippen molar-refractivity contribution in [1.82, 2.24) is 30.2 Å². The number of H-pyrrole nitrogens is 1. The van der Waals surface area contributed by atoms with Gasteiger partial charge in [-0.05, 0) is 59.0 Å². The second kappa shape index (κ2) is 9.61. The third-order valence-electron chi connectivity index (χ3n) is 6.41. The van der Waals surface area contributed by atoms with E-state index < -0.39 is 15.9 Å². The van der Waals surface area contributed by atoms with E-state index in [4.69, 9.17) is 0 Å². The first-order valence-electron chi connectivity index (χ1n) is 11.9. The topological polar surface area (TPSA) is 171 Å². The number of hydrogen-bond acceptors (Lipinski definition) is 8. The molecule has 0 saturated carbocycles. The van der Waals surface area contributed by atoms with Crippen LogP contribution in [-0.4, -0.2) is 44.5 Å². The van der Waals surface area contributed by atoms with Crippen molar-refractivity contribution in [1.29, 1.82) is 5.26 Å². The van der Waals surface area contributed by atoms with Gasteiger partial charge >= 0.3 is 0 Å². The molecule has 1 amide bonds. The first kappa shape index (κ1) is 24.7. The van der Waals surface area contributed by atoms with E-state index in [1.54, 1.807) is 84.5 Å². The lowest BCUT2D eigenvalue weighted by atomic mass is 10.1. The number of anilines is 2. The number of aryl methyl sites for hydroxylation is 1. The summed E-state index contributed by atoms with van der Waals surface area (Å²) in [6.07, 6.45) is 1.55. The van der Waals surface area contributed by atoms with Crippen molar-refractivity contribution in [3.05, 3.63) is 90.3 Å². The summed E-state index contributed by atoms with van der Waals surface area (Å²) in [5.41, 5.74) is 2.92. The van der Waals surface area contributed by atoms with Crippen LogP contribution in [0.25, 0.3) is 33.2 Å². The molecule has 0 aliphatic carbocycles. The maximum atomic E-state index is 13.3. The lowest BCUT2D eigenvalue weighted by molar-refractivity contribution is 0.101. The van der Waals surface area contributed by atoms with Gasteiger partial charge in [0.05, 0.1) is 34.0 Å². The number of nitriles is 1. The number of pyridine rings is 1. The third kappa shape index (κ3) is 4.38. The second-order valence-corrected chi connectivity index (χ2v) is 10.5. The zero-order valence-electron chi connectivity index (χ0n) is 20.8. The minimum absolute atomic E-state index is 0.0674. The standard InChI is InChI=1S/C27H19N9O3S/c1-36-22-14-19(33-40(38,39)24-6-2-4-17-5-3-11-29-25(17)24)9-8-18(22)13-23(36)27(37)30-21-10-7-16(15-28)12-20(21)26-31-34-35-32-26/h2-14,33H,1H3,(H,30,37)(H,31,32,34,35). The fraction of sp³-hybridized carbons (Fsp3) is 0.0370. The molecule has 6 rings (SSSR count). The number of benzene rings is 3. The molecule has 0 atom stereocenters. The molecule has 3 N–H and O–H groups in total. The maximum absolute atomic E-state index is 13.3. The van der Waals surface area contributed by atoms with Gasteiger partial charge < -0.3 is 9.88 Å². The number of nitrogens with zero attached hydrogens (tertiary/aromatic N) is 6. The van der Waals surface area contributed by atoms with E-state index in [2.05, 4.69) is 41.7 Å². The molecule has 196 valence electrons. The Labute approximate surface area is 227 Å². The smallest absolute Gasteiger partial charge is 0.272 e. The van der Waals surface area contributed by atoms with E-state index in [0.717, 1.165) is 5.39 Å². The monoisotopic (exact) mass is 549 g/mol. The van der Waals surface area contributed by atoms with Crippen LogP contribution < -0.4 is 10.0 Å². The van der Waals surface area contributed by atoms with Gasteiger partial charge in [0.25, 0.3) is 15.9 Å². The van der Waals surface area contributed by atoms with Crippen LogP contribution in [0.15, 0.2) is 83.9 Å². The van der Waals surface area contributed by atoms with Crippen LogP contribution in [0.5, 0.6) is 0 Å². The molecule has 0 aliphatic rings. The molecule has 12 nitrogen and oxygen atoms in total. The number of carbonyl (C=O) groups is 1. The Bertz CT molecular complexity index is 2070. The van der Waals surface area contributed by atoms with Crippen LogP contribution in [0.2, 0.25) is 0 Å². The van der Waals surface area contributed by atoms with Crippen LogP contribution in [0, 0.1) is 11.3 Å². The molecule has 0 unspecified atom stereocenters. The van der Waals surface area contributed by atoms with Crippen LogP contribution in [0.1, 0.15) is 16.1 Å². The molecular formula is C27H19N9O3S. The van der Waals surface area contributed by atoms with E-state index in [-0.39, 0.29) is 4.90 Å². The van der Waals surface area contributed by atoms with Crippen LogP contribution in [-0.2, 0) is 17.1 Å². The van der Waals surface area contributed by atoms with Crippen molar-refractivity contribution < 1.29 is 13.2 Å². The average Bonchev–Trinajstić information content (AvgIpc) is 3.61. The molecule has 0 radical (unpaired) electrons. The number of carbonyl (C=O) groups excluding carboxylic acids is 1. The Morgan fingerprint density at radius 3 is 2.67 bits per heavy atom. The maximum Gasteiger partial charge on any atom is 0.272 e. The van der Waals surface area contributed by atoms with E-state index in [9.17, 15) is 18.5 Å². The second-order valence-electron chi connectivity index (χ2n) is 8.88. The summed E-state index contributed by atoms with van der Waals surface area (Å²) in [7, 11) is -2.23. The predicted molar refractivity (Wildman–Crippen MR) is 148 cm³/mol. The Balaban J connectivity index is 1.31. The highest BCUT2D eigenvalue weighted by Gasteiger charge is 2.21. The molecule has 0 spiro atoms. The zero-order valence-corrected chi connectivity index (χ0v) is 21.6. The number of rotatable bonds is 6. The number of amides is 1. The highest BCUT2D eigenvalue weighted by molar-refractivity contribution is 7.93. The minimum Gasteiger partial charge on any atom is -0.340 e. The lowest BCUT2D eigenvalue weighted by Gasteiger charge is -2.11. The summed E-state index contributed by atoms with van der Waals surface area (Å²) in [5.74, 6) is -0.121. The van der Waals surface area contributed by atoms with Crippen molar-refractivity contribution in [2.24, 2.45) is 7.05 Å². The molecule has 0 aliphatic heterocycles. The molecule has 40 heavy (non-hydrogen) atoms. The fourth-order valence-electron chi connectivity index (χ4n) is 4.49. The van der Waals surface area contributed by atoms with E-state index in [0.29, 0.717) is 50.4 Å². The van der Waals surface area contributed by atoms with Gasteiger partial charge in [-0.25, -0.2) is 13.5 Å². The average molecular weight is 550 g/mol. The third-order valence-corrected chi connectivity index (χ3v) is 7.83. The van der Waals surface area contributed by atoms with Crippen molar-refractivity contribution in [2.75, 3.05) is 10.0 Å². The van der Waals surface area contributed by atoms with Gasteiger partial charge in [0.1, 0.15) is 10.6 Å². The van der Waals surface area contributed by atoms with Gasteiger partial charge in [-0.3, -0.25) is 14.5 Å². The van der Waals surface area contributed by atoms with Crippen molar-refractivity contribution >= 4 is 49.1 Å². The summed E-state index contributed by atoms with van der Waals surface area (Å²) in [5, 5.41) is 27.3. The van der Waals surface area contributed by atoms with Gasteiger partial charge in [-0.1, -0.05) is 24.3 Å². The highest BCUT2D eigenvalue weighted by atomic mass is 32.2. The predicted octanol–water partition coefficient (Wildman–Crippen LogP) is 3.83. The summed E-state index contributed by atoms with van der Waals surface area (Å²) in [6.45, 7) is 0. The van der Waals surface area contributed by atoms with Crippen molar-refractivity contribution in [3.63, 3.8) is 0 Å². The molecular weight excluding hydrogens is 530 g/mol. The number of hydrogen-bond donors (Lipinski definition) is 3. The molecule has 3 aromatic carbocycles. The van der Waals surface area contributed by atoms with Crippen LogP contribution >= 0.6 is 0 Å². The first-order chi connectivity index (χ1) is 19.3. The van der Waals surface area contributed by atoms with Gasteiger partial charge in [-0.2, -0.15) is 5.26 Å². The van der Waals surface area contributed by atoms with Gasteiger partial charge in [0.15, 0.2) is 5.82 Å².